The Kier molecular flexibility index (Phi) is 7.61. The number of furan rings is 1. The summed E-state index contributed by atoms with van der Waals surface area (Å²) in [6.45, 7) is 3.70. The van der Waals surface area contributed by atoms with Crippen LogP contribution < -0.4 is 5.32 Å². The van der Waals surface area contributed by atoms with Gasteiger partial charge in [0.25, 0.3) is 5.91 Å². The van der Waals surface area contributed by atoms with Gasteiger partial charge in [-0.2, -0.15) is 13.2 Å². The minimum Gasteiger partial charge on any atom is -0.455 e. The van der Waals surface area contributed by atoms with Crippen molar-refractivity contribution in [3.63, 3.8) is 0 Å². The Labute approximate surface area is 195 Å². The topological polar surface area (TPSA) is 68.5 Å². The number of carbonyl (C=O) groups is 2. The summed E-state index contributed by atoms with van der Waals surface area (Å²) in [5.41, 5.74) is 1.29. The number of hydrogen-bond acceptors (Lipinski definition) is 4. The van der Waals surface area contributed by atoms with Gasteiger partial charge in [0, 0.05) is 23.0 Å². The van der Waals surface area contributed by atoms with Gasteiger partial charge >= 0.3 is 6.18 Å². The third-order valence-electron chi connectivity index (χ3n) is 4.92. The van der Waals surface area contributed by atoms with Gasteiger partial charge in [0.1, 0.15) is 12.4 Å². The molecule has 1 aromatic heterocycles. The van der Waals surface area contributed by atoms with E-state index in [1.807, 2.05) is 51.1 Å². The van der Waals surface area contributed by atoms with E-state index in [9.17, 15) is 22.8 Å². The molecular weight excluding hydrogens is 447 g/mol. The largest absolute Gasteiger partial charge is 0.455 e. The van der Waals surface area contributed by atoms with E-state index in [1.54, 1.807) is 24.3 Å². The highest BCUT2D eigenvalue weighted by Crippen LogP contribution is 2.31. The van der Waals surface area contributed by atoms with Crippen molar-refractivity contribution in [1.82, 2.24) is 0 Å². The number of anilines is 1. The van der Waals surface area contributed by atoms with Crippen molar-refractivity contribution in [2.45, 2.75) is 45.4 Å². The van der Waals surface area contributed by atoms with Crippen LogP contribution in [-0.4, -0.2) is 24.5 Å². The number of amides is 1. The average Bonchev–Trinajstić information content (AvgIpc) is 3.19. The zero-order chi connectivity index (χ0) is 24.9. The fourth-order valence-corrected chi connectivity index (χ4v) is 3.46. The number of halogens is 3. The molecule has 5 nitrogen and oxygen atoms in total. The first-order valence-electron chi connectivity index (χ1n) is 10.7. The highest BCUT2D eigenvalue weighted by Gasteiger charge is 2.30. The number of Topliss-reactive ketones (excluding diaryl/α,β-unsaturated/α-hetero) is 1. The normalized spacial score (nSPS) is 11.9. The number of ketones is 1. The number of carbonyl (C=O) groups excluding carboxylic acids is 2. The minimum absolute atomic E-state index is 0.0826. The summed E-state index contributed by atoms with van der Waals surface area (Å²) in [7, 11) is 0. The maximum Gasteiger partial charge on any atom is 0.411 e. The molecule has 1 N–H and O–H groups in total. The van der Waals surface area contributed by atoms with Gasteiger partial charge in [-0.3, -0.25) is 9.59 Å². The number of rotatable bonds is 8. The first-order valence-corrected chi connectivity index (χ1v) is 10.7. The molecule has 0 aliphatic carbocycles. The van der Waals surface area contributed by atoms with Crippen LogP contribution in [-0.2, 0) is 23.2 Å². The van der Waals surface area contributed by atoms with Crippen LogP contribution in [0.1, 0.15) is 58.6 Å². The predicted molar refractivity (Wildman–Crippen MR) is 122 cm³/mol. The van der Waals surface area contributed by atoms with Crippen LogP contribution in [0.4, 0.5) is 18.9 Å². The number of hydrogen-bond donors (Lipinski definition) is 1. The summed E-state index contributed by atoms with van der Waals surface area (Å²) < 4.78 is 47.9. The van der Waals surface area contributed by atoms with Crippen molar-refractivity contribution >= 4 is 17.4 Å². The van der Waals surface area contributed by atoms with Gasteiger partial charge in [-0.25, -0.2) is 0 Å². The molecule has 180 valence electrons. The molecule has 3 aromatic rings. The Hall–Kier alpha value is -3.39. The molecule has 0 spiro atoms. The molecule has 3 rings (SSSR count). The van der Waals surface area contributed by atoms with E-state index in [-0.39, 0.29) is 24.6 Å². The van der Waals surface area contributed by atoms with Crippen LogP contribution in [0, 0.1) is 0 Å². The molecule has 0 bridgehead atoms. The Morgan fingerprint density at radius 1 is 0.971 bits per heavy atom. The second kappa shape index (κ2) is 10.3. The maximum atomic E-state index is 12.9. The molecule has 0 saturated carbocycles. The van der Waals surface area contributed by atoms with E-state index in [1.165, 1.54) is 6.07 Å². The highest BCUT2D eigenvalue weighted by molar-refractivity contribution is 6.09. The molecule has 0 unspecified atom stereocenters. The van der Waals surface area contributed by atoms with E-state index in [4.69, 9.17) is 9.15 Å². The minimum atomic E-state index is -4.46. The fraction of sp³-hybridized carbons (Fsp3) is 0.308. The first-order chi connectivity index (χ1) is 15.9. The summed E-state index contributed by atoms with van der Waals surface area (Å²) >= 11 is 0. The molecule has 0 aliphatic rings. The maximum absolute atomic E-state index is 12.9. The van der Waals surface area contributed by atoms with Gasteiger partial charge in [0.15, 0.2) is 11.5 Å². The van der Waals surface area contributed by atoms with E-state index >= 15 is 0 Å². The monoisotopic (exact) mass is 473 g/mol. The SMILES string of the molecule is CC(C)(C)c1oc(C(=O)Nc2ccccc2C(=O)Cc2ccccc2)cc1COCC(F)(F)F. The van der Waals surface area contributed by atoms with Gasteiger partial charge < -0.3 is 14.5 Å². The third-order valence-corrected chi connectivity index (χ3v) is 4.92. The van der Waals surface area contributed by atoms with Crippen molar-refractivity contribution < 1.29 is 31.9 Å². The quantitative estimate of drug-likeness (QED) is 0.388. The number of nitrogens with one attached hydrogen (secondary N) is 1. The summed E-state index contributed by atoms with van der Waals surface area (Å²) in [5, 5.41) is 2.69. The third kappa shape index (κ3) is 6.81. The van der Waals surface area contributed by atoms with Crippen LogP contribution in [0.15, 0.2) is 65.1 Å². The smallest absolute Gasteiger partial charge is 0.411 e. The Morgan fingerprint density at radius 2 is 1.62 bits per heavy atom. The van der Waals surface area contributed by atoms with Crippen molar-refractivity contribution in [1.29, 1.82) is 0 Å². The van der Waals surface area contributed by atoms with Gasteiger partial charge in [-0.15, -0.1) is 0 Å². The van der Waals surface area contributed by atoms with E-state index in [0.29, 0.717) is 22.6 Å². The average molecular weight is 473 g/mol. The summed E-state index contributed by atoms with van der Waals surface area (Å²) in [4.78, 5) is 25.8. The van der Waals surface area contributed by atoms with Crippen LogP contribution in [0.5, 0.6) is 0 Å². The van der Waals surface area contributed by atoms with Crippen molar-refractivity contribution in [2.24, 2.45) is 0 Å². The molecule has 0 atom stereocenters. The van der Waals surface area contributed by atoms with Crippen LogP contribution in [0.25, 0.3) is 0 Å². The Morgan fingerprint density at radius 3 is 2.26 bits per heavy atom. The summed E-state index contributed by atoms with van der Waals surface area (Å²) in [5.74, 6) is -0.514. The molecular formula is C26H26F3NO4. The molecule has 8 heteroatoms. The second-order valence-electron chi connectivity index (χ2n) is 8.91. The molecule has 1 heterocycles. The molecule has 2 aromatic carbocycles. The molecule has 34 heavy (non-hydrogen) atoms. The van der Waals surface area contributed by atoms with E-state index in [2.05, 4.69) is 5.32 Å². The summed E-state index contributed by atoms with van der Waals surface area (Å²) in [6, 6.07) is 17.2. The van der Waals surface area contributed by atoms with Crippen molar-refractivity contribution in [2.75, 3.05) is 11.9 Å². The lowest BCUT2D eigenvalue weighted by atomic mass is 9.91. The molecule has 0 fully saturated rings. The van der Waals surface area contributed by atoms with Gasteiger partial charge in [0.2, 0.25) is 0 Å². The Bertz CT molecular complexity index is 1140. The van der Waals surface area contributed by atoms with Crippen LogP contribution in [0.2, 0.25) is 0 Å². The van der Waals surface area contributed by atoms with E-state index in [0.717, 1.165) is 5.56 Å². The van der Waals surface area contributed by atoms with Crippen LogP contribution in [0.3, 0.4) is 0 Å². The lowest BCUT2D eigenvalue weighted by Gasteiger charge is -2.17. The molecule has 0 aliphatic heterocycles. The number of ether oxygens (including phenoxy) is 1. The van der Waals surface area contributed by atoms with E-state index < -0.39 is 24.1 Å². The number of benzene rings is 2. The zero-order valence-corrected chi connectivity index (χ0v) is 19.2. The van der Waals surface area contributed by atoms with Gasteiger partial charge in [-0.1, -0.05) is 63.2 Å². The Balaban J connectivity index is 1.80. The molecule has 0 radical (unpaired) electrons. The highest BCUT2D eigenvalue weighted by atomic mass is 19.4. The molecule has 1 amide bonds. The zero-order valence-electron chi connectivity index (χ0n) is 19.2. The lowest BCUT2D eigenvalue weighted by molar-refractivity contribution is -0.176. The standard InChI is InChI=1S/C26H26F3NO4/c1-25(2,3)23-18(15-33-16-26(27,28)29)14-22(34-23)24(32)30-20-12-8-7-11-19(20)21(31)13-17-9-5-4-6-10-17/h4-12,14H,13,15-16H2,1-3H3,(H,30,32). The van der Waals surface area contributed by atoms with Crippen molar-refractivity contribution in [3.05, 3.63) is 88.9 Å². The van der Waals surface area contributed by atoms with Crippen molar-refractivity contribution in [3.8, 4) is 0 Å². The van der Waals surface area contributed by atoms with Gasteiger partial charge in [-0.05, 0) is 23.8 Å². The van der Waals surface area contributed by atoms with Gasteiger partial charge in [0.05, 0.1) is 12.3 Å². The predicted octanol–water partition coefficient (Wildman–Crippen LogP) is 6.33. The van der Waals surface area contributed by atoms with Crippen LogP contribution >= 0.6 is 0 Å². The fourth-order valence-electron chi connectivity index (χ4n) is 3.46. The second-order valence-corrected chi connectivity index (χ2v) is 8.91. The first kappa shape index (κ1) is 25.2. The number of para-hydroxylation sites is 1. The molecule has 0 saturated heterocycles. The summed E-state index contributed by atoms with van der Waals surface area (Å²) in [6.07, 6.45) is -4.29. The number of alkyl halides is 3. The lowest BCUT2D eigenvalue weighted by Crippen LogP contribution is -2.18.